The molecule has 1 aromatic carbocycles. The molecule has 6 heteroatoms. The number of aromatic nitrogens is 2. The summed E-state index contributed by atoms with van der Waals surface area (Å²) in [5, 5.41) is 7.29. The van der Waals surface area contributed by atoms with E-state index in [2.05, 4.69) is 33.5 Å². The number of hydrogen-bond donors (Lipinski definition) is 1. The van der Waals surface area contributed by atoms with Crippen molar-refractivity contribution in [3.05, 3.63) is 47.8 Å². The highest BCUT2D eigenvalue weighted by Crippen LogP contribution is 2.26. The van der Waals surface area contributed by atoms with Crippen LogP contribution in [0.4, 0.5) is 5.69 Å². The van der Waals surface area contributed by atoms with Gasteiger partial charge in [0.25, 0.3) is 0 Å². The van der Waals surface area contributed by atoms with Crippen LogP contribution in [0.1, 0.15) is 30.0 Å². The molecule has 134 valence electrons. The number of rotatable bonds is 6. The van der Waals surface area contributed by atoms with Gasteiger partial charge in [-0.1, -0.05) is 18.2 Å². The van der Waals surface area contributed by atoms with Crippen molar-refractivity contribution >= 4 is 11.6 Å². The number of carbonyl (C=O) groups is 1. The predicted octanol–water partition coefficient (Wildman–Crippen LogP) is 1.94. The van der Waals surface area contributed by atoms with E-state index < -0.39 is 0 Å². The molecule has 1 unspecified atom stereocenters. The van der Waals surface area contributed by atoms with Gasteiger partial charge >= 0.3 is 0 Å². The van der Waals surface area contributed by atoms with Crippen LogP contribution >= 0.6 is 0 Å². The summed E-state index contributed by atoms with van der Waals surface area (Å²) in [6.45, 7) is 2.80. The third-order valence-corrected chi connectivity index (χ3v) is 4.82. The molecular formula is C19H27N5O. The summed E-state index contributed by atoms with van der Waals surface area (Å²) in [6.07, 6.45) is 6.11. The summed E-state index contributed by atoms with van der Waals surface area (Å²) in [6, 6.07) is 8.03. The maximum absolute atomic E-state index is 12.9. The second kappa shape index (κ2) is 7.70. The molecule has 1 aromatic heterocycles. The fourth-order valence-corrected chi connectivity index (χ4v) is 3.49. The van der Waals surface area contributed by atoms with Gasteiger partial charge < -0.3 is 15.1 Å². The second-order valence-corrected chi connectivity index (χ2v) is 6.69. The van der Waals surface area contributed by atoms with Gasteiger partial charge in [-0.25, -0.2) is 0 Å². The zero-order valence-electron chi connectivity index (χ0n) is 15.3. The molecule has 1 aliphatic heterocycles. The molecule has 25 heavy (non-hydrogen) atoms. The van der Waals surface area contributed by atoms with E-state index >= 15 is 0 Å². The number of nitrogens with zero attached hydrogens (tertiary/aromatic N) is 4. The number of hydrogen-bond acceptors (Lipinski definition) is 4. The summed E-state index contributed by atoms with van der Waals surface area (Å²) in [5.74, 6) is 0.0479. The van der Waals surface area contributed by atoms with Crippen LogP contribution in [0.25, 0.3) is 0 Å². The SMILES string of the molecule is CNC(C(=O)N(C)Cc1ccccc1N1CCCC1)c1cnn(C)c1. The maximum atomic E-state index is 12.9. The molecule has 6 nitrogen and oxygen atoms in total. The molecular weight excluding hydrogens is 314 g/mol. The minimum Gasteiger partial charge on any atom is -0.371 e. The summed E-state index contributed by atoms with van der Waals surface area (Å²) >= 11 is 0. The Labute approximate surface area is 149 Å². The van der Waals surface area contributed by atoms with Gasteiger partial charge in [-0.2, -0.15) is 5.10 Å². The quantitative estimate of drug-likeness (QED) is 0.872. The number of anilines is 1. The van der Waals surface area contributed by atoms with Crippen molar-refractivity contribution in [2.75, 3.05) is 32.1 Å². The van der Waals surface area contributed by atoms with E-state index in [4.69, 9.17) is 0 Å². The minimum absolute atomic E-state index is 0.0479. The molecule has 1 N–H and O–H groups in total. The molecule has 1 aliphatic rings. The fourth-order valence-electron chi connectivity index (χ4n) is 3.49. The van der Waals surface area contributed by atoms with Crippen molar-refractivity contribution in [2.24, 2.45) is 7.05 Å². The van der Waals surface area contributed by atoms with Gasteiger partial charge in [-0.3, -0.25) is 9.48 Å². The van der Waals surface area contributed by atoms with Crippen LogP contribution in [0.2, 0.25) is 0 Å². The number of para-hydroxylation sites is 1. The first-order valence-corrected chi connectivity index (χ1v) is 8.84. The van der Waals surface area contributed by atoms with Crippen molar-refractivity contribution in [1.29, 1.82) is 0 Å². The maximum Gasteiger partial charge on any atom is 0.244 e. The lowest BCUT2D eigenvalue weighted by molar-refractivity contribution is -0.132. The zero-order chi connectivity index (χ0) is 17.8. The van der Waals surface area contributed by atoms with Crippen LogP contribution in [-0.2, 0) is 18.4 Å². The molecule has 1 atom stereocenters. The Kier molecular flexibility index (Phi) is 5.38. The molecule has 1 saturated heterocycles. The van der Waals surface area contributed by atoms with Gasteiger partial charge in [0.1, 0.15) is 6.04 Å². The molecule has 2 aromatic rings. The smallest absolute Gasteiger partial charge is 0.244 e. The molecule has 0 saturated carbocycles. The standard InChI is InChI=1S/C19H27N5O/c1-20-18(16-12-21-23(3)14-16)19(25)22(2)13-15-8-4-5-9-17(15)24-10-6-7-11-24/h4-5,8-9,12,14,18,20H,6-7,10-11,13H2,1-3H3. The monoisotopic (exact) mass is 341 g/mol. The minimum atomic E-state index is -0.377. The number of carbonyl (C=O) groups excluding carboxylic acids is 1. The highest BCUT2D eigenvalue weighted by atomic mass is 16.2. The van der Waals surface area contributed by atoms with Gasteiger partial charge in [-0.15, -0.1) is 0 Å². The van der Waals surface area contributed by atoms with E-state index in [1.165, 1.54) is 24.1 Å². The van der Waals surface area contributed by atoms with Crippen LogP contribution in [0, 0.1) is 0 Å². The number of benzene rings is 1. The fraction of sp³-hybridized carbons (Fsp3) is 0.474. The molecule has 0 radical (unpaired) electrons. The first-order chi connectivity index (χ1) is 12.1. The normalized spacial score (nSPS) is 15.4. The largest absolute Gasteiger partial charge is 0.371 e. The molecule has 2 heterocycles. The number of likely N-dealkylation sites (N-methyl/N-ethyl adjacent to an activating group) is 2. The summed E-state index contributed by atoms with van der Waals surface area (Å²) in [5.41, 5.74) is 3.33. The van der Waals surface area contributed by atoms with E-state index in [0.717, 1.165) is 18.7 Å². The lowest BCUT2D eigenvalue weighted by atomic mass is 10.1. The number of amides is 1. The van der Waals surface area contributed by atoms with Crippen LogP contribution in [-0.4, -0.2) is 47.8 Å². The molecule has 0 spiro atoms. The highest BCUT2D eigenvalue weighted by molar-refractivity contribution is 5.83. The van der Waals surface area contributed by atoms with Gasteiger partial charge in [0.05, 0.1) is 6.20 Å². The van der Waals surface area contributed by atoms with Crippen molar-refractivity contribution in [1.82, 2.24) is 20.0 Å². The van der Waals surface area contributed by atoms with E-state index in [9.17, 15) is 4.79 Å². The van der Waals surface area contributed by atoms with Gasteiger partial charge in [0.2, 0.25) is 5.91 Å². The molecule has 1 fully saturated rings. The summed E-state index contributed by atoms with van der Waals surface area (Å²) in [7, 11) is 5.53. The highest BCUT2D eigenvalue weighted by Gasteiger charge is 2.24. The first-order valence-electron chi connectivity index (χ1n) is 8.84. The van der Waals surface area contributed by atoms with Crippen LogP contribution in [0.5, 0.6) is 0 Å². The zero-order valence-corrected chi connectivity index (χ0v) is 15.3. The van der Waals surface area contributed by atoms with Crippen molar-refractivity contribution < 1.29 is 4.79 Å². The van der Waals surface area contributed by atoms with E-state index in [1.807, 2.05) is 33.4 Å². The van der Waals surface area contributed by atoms with E-state index in [1.54, 1.807) is 15.8 Å². The predicted molar refractivity (Wildman–Crippen MR) is 99.4 cm³/mol. The van der Waals surface area contributed by atoms with E-state index in [-0.39, 0.29) is 11.9 Å². The van der Waals surface area contributed by atoms with E-state index in [0.29, 0.717) is 6.54 Å². The Balaban J connectivity index is 1.75. The summed E-state index contributed by atoms with van der Waals surface area (Å²) < 4.78 is 1.72. The third-order valence-electron chi connectivity index (χ3n) is 4.82. The summed E-state index contributed by atoms with van der Waals surface area (Å²) in [4.78, 5) is 17.1. The molecule has 0 bridgehead atoms. The average molecular weight is 341 g/mol. The molecule has 0 aliphatic carbocycles. The lowest BCUT2D eigenvalue weighted by Crippen LogP contribution is -2.37. The van der Waals surface area contributed by atoms with Gasteiger partial charge in [0.15, 0.2) is 0 Å². The Morgan fingerprint density at radius 1 is 1.32 bits per heavy atom. The lowest BCUT2D eigenvalue weighted by Gasteiger charge is -2.26. The van der Waals surface area contributed by atoms with Gasteiger partial charge in [-0.05, 0) is 31.5 Å². The first kappa shape index (κ1) is 17.5. The Morgan fingerprint density at radius 2 is 2.04 bits per heavy atom. The van der Waals surface area contributed by atoms with Crippen molar-refractivity contribution in [3.8, 4) is 0 Å². The number of nitrogens with one attached hydrogen (secondary N) is 1. The Bertz CT molecular complexity index is 720. The molecule has 3 rings (SSSR count). The van der Waals surface area contributed by atoms with Gasteiger partial charge in [0, 0.05) is 51.2 Å². The number of aryl methyl sites for hydroxylation is 1. The Hall–Kier alpha value is -2.34. The topological polar surface area (TPSA) is 53.4 Å². The average Bonchev–Trinajstić information content (AvgIpc) is 3.28. The van der Waals surface area contributed by atoms with Crippen molar-refractivity contribution in [3.63, 3.8) is 0 Å². The van der Waals surface area contributed by atoms with Crippen molar-refractivity contribution in [2.45, 2.75) is 25.4 Å². The van der Waals surface area contributed by atoms with Crippen LogP contribution in [0.3, 0.4) is 0 Å². The second-order valence-electron chi connectivity index (χ2n) is 6.69. The van der Waals surface area contributed by atoms with Crippen LogP contribution in [0.15, 0.2) is 36.7 Å². The Morgan fingerprint density at radius 3 is 2.68 bits per heavy atom. The third kappa shape index (κ3) is 3.85. The van der Waals surface area contributed by atoms with Crippen LogP contribution < -0.4 is 10.2 Å². The molecule has 1 amide bonds.